The summed E-state index contributed by atoms with van der Waals surface area (Å²) in [5, 5.41) is 3.45. The number of hydrogen-bond acceptors (Lipinski definition) is 2. The zero-order chi connectivity index (χ0) is 13.0. The van der Waals surface area contributed by atoms with Crippen molar-refractivity contribution in [1.82, 2.24) is 5.32 Å². The molecule has 0 spiro atoms. The molecule has 1 aliphatic rings. The SMILES string of the molecule is NCC(NCCCC1CC1)c1ccc(F)c(Br)c1. The summed E-state index contributed by atoms with van der Waals surface area (Å²) < 4.78 is 13.7. The van der Waals surface area contributed by atoms with Gasteiger partial charge in [-0.15, -0.1) is 0 Å². The molecule has 1 unspecified atom stereocenters. The second-order valence-electron chi connectivity index (χ2n) is 5.00. The maximum absolute atomic E-state index is 13.2. The largest absolute Gasteiger partial charge is 0.329 e. The van der Waals surface area contributed by atoms with Crippen LogP contribution in [0.3, 0.4) is 0 Å². The molecule has 0 bridgehead atoms. The zero-order valence-electron chi connectivity index (χ0n) is 10.5. The first-order valence-corrected chi connectivity index (χ1v) is 7.38. The second-order valence-corrected chi connectivity index (χ2v) is 5.86. The molecule has 0 heterocycles. The van der Waals surface area contributed by atoms with Crippen LogP contribution in [0, 0.1) is 11.7 Å². The van der Waals surface area contributed by atoms with Gasteiger partial charge in [0.15, 0.2) is 0 Å². The Morgan fingerprint density at radius 1 is 1.44 bits per heavy atom. The van der Waals surface area contributed by atoms with Crippen LogP contribution in [-0.4, -0.2) is 13.1 Å². The molecule has 1 atom stereocenters. The lowest BCUT2D eigenvalue weighted by Crippen LogP contribution is -2.29. The van der Waals surface area contributed by atoms with Crippen LogP contribution >= 0.6 is 15.9 Å². The first-order valence-electron chi connectivity index (χ1n) is 6.59. The third-order valence-electron chi connectivity index (χ3n) is 3.46. The first kappa shape index (κ1) is 14.0. The molecule has 1 aliphatic carbocycles. The van der Waals surface area contributed by atoms with Gasteiger partial charge >= 0.3 is 0 Å². The van der Waals surface area contributed by atoms with Gasteiger partial charge in [0.2, 0.25) is 0 Å². The minimum absolute atomic E-state index is 0.112. The summed E-state index contributed by atoms with van der Waals surface area (Å²) in [6, 6.07) is 5.20. The van der Waals surface area contributed by atoms with Gasteiger partial charge in [0.1, 0.15) is 5.82 Å². The Labute approximate surface area is 116 Å². The van der Waals surface area contributed by atoms with Crippen LogP contribution in [0.1, 0.15) is 37.3 Å². The lowest BCUT2D eigenvalue weighted by atomic mass is 10.1. The van der Waals surface area contributed by atoms with Crippen molar-refractivity contribution in [2.24, 2.45) is 11.7 Å². The van der Waals surface area contributed by atoms with E-state index in [1.807, 2.05) is 0 Å². The zero-order valence-corrected chi connectivity index (χ0v) is 12.0. The van der Waals surface area contributed by atoms with Crippen molar-refractivity contribution in [3.05, 3.63) is 34.1 Å². The Kier molecular flexibility index (Phi) is 5.15. The molecule has 100 valence electrons. The average molecular weight is 315 g/mol. The van der Waals surface area contributed by atoms with Crippen LogP contribution in [0.2, 0.25) is 0 Å². The van der Waals surface area contributed by atoms with Gasteiger partial charge in [-0.2, -0.15) is 0 Å². The molecule has 0 aliphatic heterocycles. The summed E-state index contributed by atoms with van der Waals surface area (Å²) in [5.41, 5.74) is 6.81. The normalized spacial score (nSPS) is 16.8. The van der Waals surface area contributed by atoms with E-state index in [9.17, 15) is 4.39 Å². The van der Waals surface area contributed by atoms with E-state index in [2.05, 4.69) is 21.2 Å². The number of halogens is 2. The Morgan fingerprint density at radius 3 is 2.83 bits per heavy atom. The minimum atomic E-state index is -0.233. The van der Waals surface area contributed by atoms with E-state index >= 15 is 0 Å². The van der Waals surface area contributed by atoms with Crippen molar-refractivity contribution in [3.8, 4) is 0 Å². The van der Waals surface area contributed by atoms with Crippen molar-refractivity contribution in [2.45, 2.75) is 31.7 Å². The van der Waals surface area contributed by atoms with Crippen LogP contribution in [0.25, 0.3) is 0 Å². The Bertz CT molecular complexity index is 393. The average Bonchev–Trinajstić information content (AvgIpc) is 3.17. The Balaban J connectivity index is 1.83. The molecule has 4 heteroatoms. The van der Waals surface area contributed by atoms with E-state index in [1.54, 1.807) is 12.1 Å². The molecule has 0 aromatic heterocycles. The Morgan fingerprint density at radius 2 is 2.22 bits per heavy atom. The second kappa shape index (κ2) is 6.64. The molecule has 0 amide bonds. The maximum Gasteiger partial charge on any atom is 0.137 e. The number of nitrogens with one attached hydrogen (secondary N) is 1. The van der Waals surface area contributed by atoms with Gasteiger partial charge in [-0.1, -0.05) is 18.9 Å². The molecule has 1 fully saturated rings. The summed E-state index contributed by atoms with van der Waals surface area (Å²) in [6.45, 7) is 1.51. The van der Waals surface area contributed by atoms with Crippen LogP contribution < -0.4 is 11.1 Å². The van der Waals surface area contributed by atoms with Crippen molar-refractivity contribution in [3.63, 3.8) is 0 Å². The summed E-state index contributed by atoms with van der Waals surface area (Å²) in [5.74, 6) is 0.742. The summed E-state index contributed by atoms with van der Waals surface area (Å²) >= 11 is 3.21. The van der Waals surface area contributed by atoms with E-state index in [0.717, 1.165) is 18.0 Å². The first-order chi connectivity index (χ1) is 8.70. The lowest BCUT2D eigenvalue weighted by molar-refractivity contribution is 0.510. The molecule has 0 saturated heterocycles. The molecule has 2 rings (SSSR count). The van der Waals surface area contributed by atoms with E-state index in [1.165, 1.54) is 31.7 Å². The fourth-order valence-corrected chi connectivity index (χ4v) is 2.54. The van der Waals surface area contributed by atoms with Gasteiger partial charge in [-0.05, 0) is 58.9 Å². The van der Waals surface area contributed by atoms with Crippen molar-refractivity contribution in [2.75, 3.05) is 13.1 Å². The van der Waals surface area contributed by atoms with Gasteiger partial charge in [-0.25, -0.2) is 4.39 Å². The highest BCUT2D eigenvalue weighted by Crippen LogP contribution is 2.33. The van der Waals surface area contributed by atoms with Crippen LogP contribution in [0.4, 0.5) is 4.39 Å². The molecule has 1 aromatic carbocycles. The molecular formula is C14H20BrFN2. The van der Waals surface area contributed by atoms with E-state index < -0.39 is 0 Å². The number of hydrogen-bond donors (Lipinski definition) is 2. The minimum Gasteiger partial charge on any atom is -0.329 e. The predicted molar refractivity (Wildman–Crippen MR) is 75.9 cm³/mol. The molecule has 0 radical (unpaired) electrons. The number of nitrogens with two attached hydrogens (primary N) is 1. The topological polar surface area (TPSA) is 38.0 Å². The quantitative estimate of drug-likeness (QED) is 0.757. The summed E-state index contributed by atoms with van der Waals surface area (Å²) in [4.78, 5) is 0. The van der Waals surface area contributed by atoms with Gasteiger partial charge in [0.05, 0.1) is 4.47 Å². The smallest absolute Gasteiger partial charge is 0.137 e. The van der Waals surface area contributed by atoms with Crippen LogP contribution in [-0.2, 0) is 0 Å². The fraction of sp³-hybridized carbons (Fsp3) is 0.571. The highest BCUT2D eigenvalue weighted by atomic mass is 79.9. The predicted octanol–water partition coefficient (Wildman–Crippen LogP) is 3.37. The van der Waals surface area contributed by atoms with Gasteiger partial charge in [-0.3, -0.25) is 0 Å². The molecule has 1 aromatic rings. The number of benzene rings is 1. The van der Waals surface area contributed by atoms with Crippen molar-refractivity contribution in [1.29, 1.82) is 0 Å². The third-order valence-corrected chi connectivity index (χ3v) is 4.07. The Hall–Kier alpha value is -0.450. The molecule has 3 N–H and O–H groups in total. The van der Waals surface area contributed by atoms with Gasteiger partial charge in [0, 0.05) is 12.6 Å². The molecule has 2 nitrogen and oxygen atoms in total. The van der Waals surface area contributed by atoms with E-state index in [-0.39, 0.29) is 11.9 Å². The highest BCUT2D eigenvalue weighted by Gasteiger charge is 2.20. The monoisotopic (exact) mass is 314 g/mol. The standard InChI is InChI=1S/C14H20BrFN2/c15-12-8-11(5-6-13(12)16)14(9-17)18-7-1-2-10-3-4-10/h5-6,8,10,14,18H,1-4,7,9,17H2. The lowest BCUT2D eigenvalue weighted by Gasteiger charge is -2.17. The number of rotatable bonds is 7. The maximum atomic E-state index is 13.2. The van der Waals surface area contributed by atoms with Gasteiger partial charge in [0.25, 0.3) is 0 Å². The van der Waals surface area contributed by atoms with E-state index in [0.29, 0.717) is 11.0 Å². The molecule has 18 heavy (non-hydrogen) atoms. The summed E-state index contributed by atoms with van der Waals surface area (Å²) in [6.07, 6.45) is 5.33. The molecular weight excluding hydrogens is 295 g/mol. The summed E-state index contributed by atoms with van der Waals surface area (Å²) in [7, 11) is 0. The highest BCUT2D eigenvalue weighted by molar-refractivity contribution is 9.10. The van der Waals surface area contributed by atoms with Crippen molar-refractivity contribution < 1.29 is 4.39 Å². The van der Waals surface area contributed by atoms with Crippen LogP contribution in [0.5, 0.6) is 0 Å². The van der Waals surface area contributed by atoms with Crippen LogP contribution in [0.15, 0.2) is 22.7 Å². The van der Waals surface area contributed by atoms with Gasteiger partial charge < -0.3 is 11.1 Å². The van der Waals surface area contributed by atoms with Crippen molar-refractivity contribution >= 4 is 15.9 Å². The van der Waals surface area contributed by atoms with E-state index in [4.69, 9.17) is 5.73 Å². The fourth-order valence-electron chi connectivity index (χ4n) is 2.14. The third kappa shape index (κ3) is 4.04. The molecule has 1 saturated carbocycles.